The van der Waals surface area contributed by atoms with Crippen LogP contribution in [0.4, 0.5) is 0 Å². The van der Waals surface area contributed by atoms with Crippen molar-refractivity contribution in [2.45, 2.75) is 25.9 Å². The number of rotatable bonds is 3. The van der Waals surface area contributed by atoms with Crippen molar-refractivity contribution in [3.05, 3.63) is 18.0 Å². The molecule has 0 radical (unpaired) electrons. The Morgan fingerprint density at radius 2 is 2.36 bits per heavy atom. The van der Waals surface area contributed by atoms with Crippen LogP contribution in [0.2, 0.25) is 0 Å². The molecule has 0 spiro atoms. The van der Waals surface area contributed by atoms with E-state index in [1.54, 1.807) is 6.20 Å². The van der Waals surface area contributed by atoms with E-state index in [9.17, 15) is 0 Å². The van der Waals surface area contributed by atoms with Gasteiger partial charge in [-0.25, -0.2) is 9.97 Å². The molecular weight excluding hydrogens is 178 g/mol. The van der Waals surface area contributed by atoms with Crippen LogP contribution in [0.15, 0.2) is 12.3 Å². The van der Waals surface area contributed by atoms with E-state index in [-0.39, 0.29) is 6.10 Å². The Bertz CT molecular complexity index is 310. The predicted molar refractivity (Wildman–Crippen MR) is 53.0 cm³/mol. The molecule has 0 aromatic carbocycles. The number of ether oxygens (including phenoxy) is 1. The Morgan fingerprint density at radius 1 is 1.57 bits per heavy atom. The highest BCUT2D eigenvalue weighted by atomic mass is 16.5. The standard InChI is InChI=1S/C10H15N3O/c1-7-2-3-12-10(13-7)14-9-4-8(5-9)6-11/h2-3,8-9H,4-6,11H2,1H3. The van der Waals surface area contributed by atoms with Crippen LogP contribution >= 0.6 is 0 Å². The largest absolute Gasteiger partial charge is 0.460 e. The maximum absolute atomic E-state index is 5.59. The summed E-state index contributed by atoms with van der Waals surface area (Å²) in [6, 6.07) is 2.35. The highest BCUT2D eigenvalue weighted by molar-refractivity contribution is 5.04. The number of hydrogen-bond donors (Lipinski definition) is 1. The van der Waals surface area contributed by atoms with Gasteiger partial charge in [0.2, 0.25) is 0 Å². The first kappa shape index (κ1) is 9.40. The maximum Gasteiger partial charge on any atom is 0.316 e. The van der Waals surface area contributed by atoms with Gasteiger partial charge in [0.05, 0.1) is 0 Å². The summed E-state index contributed by atoms with van der Waals surface area (Å²) in [5, 5.41) is 0. The fourth-order valence-electron chi connectivity index (χ4n) is 1.59. The maximum atomic E-state index is 5.59. The van der Waals surface area contributed by atoms with Crippen molar-refractivity contribution in [3.63, 3.8) is 0 Å². The van der Waals surface area contributed by atoms with Crippen LogP contribution in [-0.2, 0) is 0 Å². The molecule has 1 fully saturated rings. The normalized spacial score (nSPS) is 25.6. The van der Waals surface area contributed by atoms with Gasteiger partial charge in [-0.15, -0.1) is 0 Å². The minimum atomic E-state index is 0.269. The lowest BCUT2D eigenvalue weighted by Crippen LogP contribution is -2.38. The van der Waals surface area contributed by atoms with Gasteiger partial charge < -0.3 is 10.5 Å². The summed E-state index contributed by atoms with van der Waals surface area (Å²) in [5.41, 5.74) is 6.46. The molecule has 2 N–H and O–H groups in total. The molecule has 0 unspecified atom stereocenters. The summed E-state index contributed by atoms with van der Waals surface area (Å²) in [6.07, 6.45) is 4.06. The van der Waals surface area contributed by atoms with Crippen molar-refractivity contribution in [2.24, 2.45) is 11.7 Å². The molecule has 0 amide bonds. The van der Waals surface area contributed by atoms with Gasteiger partial charge in [-0.2, -0.15) is 0 Å². The van der Waals surface area contributed by atoms with E-state index >= 15 is 0 Å². The first-order valence-electron chi connectivity index (χ1n) is 4.94. The van der Waals surface area contributed by atoms with Crippen LogP contribution in [0.5, 0.6) is 6.01 Å². The average molecular weight is 193 g/mol. The summed E-state index contributed by atoms with van der Waals surface area (Å²) in [4.78, 5) is 8.23. The SMILES string of the molecule is Cc1ccnc(OC2CC(CN)C2)n1. The predicted octanol–water partition coefficient (Wildman–Crippen LogP) is 0.901. The third-order valence-corrected chi connectivity index (χ3v) is 2.57. The molecule has 0 bridgehead atoms. The molecule has 2 rings (SSSR count). The molecule has 14 heavy (non-hydrogen) atoms. The van der Waals surface area contributed by atoms with E-state index in [0.717, 1.165) is 25.1 Å². The molecule has 1 aromatic rings. The molecule has 0 saturated heterocycles. The van der Waals surface area contributed by atoms with Crippen LogP contribution in [0.3, 0.4) is 0 Å². The minimum Gasteiger partial charge on any atom is -0.460 e. The third kappa shape index (κ3) is 2.01. The summed E-state index contributed by atoms with van der Waals surface area (Å²) in [7, 11) is 0. The lowest BCUT2D eigenvalue weighted by Gasteiger charge is -2.33. The van der Waals surface area contributed by atoms with Gasteiger partial charge >= 0.3 is 6.01 Å². The van der Waals surface area contributed by atoms with Crippen LogP contribution < -0.4 is 10.5 Å². The highest BCUT2D eigenvalue weighted by Crippen LogP contribution is 2.29. The van der Waals surface area contributed by atoms with Crippen LogP contribution in [0.1, 0.15) is 18.5 Å². The Kier molecular flexibility index (Phi) is 2.63. The number of aromatic nitrogens is 2. The molecule has 0 atom stereocenters. The monoisotopic (exact) mass is 193 g/mol. The summed E-state index contributed by atoms with van der Waals surface area (Å²) < 4.78 is 5.59. The van der Waals surface area contributed by atoms with Crippen molar-refractivity contribution in [3.8, 4) is 6.01 Å². The van der Waals surface area contributed by atoms with E-state index in [0.29, 0.717) is 11.9 Å². The van der Waals surface area contributed by atoms with Gasteiger partial charge in [-0.3, -0.25) is 0 Å². The first-order chi connectivity index (χ1) is 6.78. The molecule has 1 saturated carbocycles. The molecular formula is C10H15N3O. The zero-order valence-corrected chi connectivity index (χ0v) is 8.31. The summed E-state index contributed by atoms with van der Waals surface area (Å²) in [6.45, 7) is 2.69. The van der Waals surface area contributed by atoms with E-state index in [1.807, 2.05) is 13.0 Å². The van der Waals surface area contributed by atoms with Gasteiger partial charge in [0.25, 0.3) is 0 Å². The van der Waals surface area contributed by atoms with Crippen molar-refractivity contribution >= 4 is 0 Å². The van der Waals surface area contributed by atoms with Crippen molar-refractivity contribution in [1.29, 1.82) is 0 Å². The second-order valence-electron chi connectivity index (χ2n) is 3.79. The van der Waals surface area contributed by atoms with Gasteiger partial charge in [0, 0.05) is 11.9 Å². The van der Waals surface area contributed by atoms with E-state index < -0.39 is 0 Å². The average Bonchev–Trinajstić information content (AvgIpc) is 2.10. The Morgan fingerprint density at radius 3 is 3.00 bits per heavy atom. The van der Waals surface area contributed by atoms with E-state index in [4.69, 9.17) is 10.5 Å². The topological polar surface area (TPSA) is 61.0 Å². The lowest BCUT2D eigenvalue weighted by molar-refractivity contribution is 0.0602. The molecule has 1 aliphatic carbocycles. The summed E-state index contributed by atoms with van der Waals surface area (Å²) >= 11 is 0. The smallest absolute Gasteiger partial charge is 0.316 e. The van der Waals surface area contributed by atoms with Gasteiger partial charge in [0.1, 0.15) is 6.10 Å². The van der Waals surface area contributed by atoms with Crippen molar-refractivity contribution in [2.75, 3.05) is 6.54 Å². The van der Waals surface area contributed by atoms with Crippen LogP contribution in [-0.4, -0.2) is 22.6 Å². The van der Waals surface area contributed by atoms with Crippen molar-refractivity contribution in [1.82, 2.24) is 9.97 Å². The molecule has 1 aliphatic rings. The number of nitrogens with two attached hydrogens (primary N) is 1. The third-order valence-electron chi connectivity index (χ3n) is 2.57. The van der Waals surface area contributed by atoms with E-state index in [1.165, 1.54) is 0 Å². The van der Waals surface area contributed by atoms with Crippen LogP contribution in [0, 0.1) is 12.8 Å². The first-order valence-corrected chi connectivity index (χ1v) is 4.94. The Labute approximate surface area is 83.5 Å². The van der Waals surface area contributed by atoms with Crippen molar-refractivity contribution < 1.29 is 4.74 Å². The molecule has 4 nitrogen and oxygen atoms in total. The zero-order chi connectivity index (χ0) is 9.97. The van der Waals surface area contributed by atoms with E-state index in [2.05, 4.69) is 9.97 Å². The quantitative estimate of drug-likeness (QED) is 0.774. The minimum absolute atomic E-state index is 0.269. The molecule has 1 aromatic heterocycles. The second kappa shape index (κ2) is 3.92. The highest BCUT2D eigenvalue weighted by Gasteiger charge is 2.30. The zero-order valence-electron chi connectivity index (χ0n) is 8.31. The number of nitrogens with zero attached hydrogens (tertiary/aromatic N) is 2. The van der Waals surface area contributed by atoms with Crippen LogP contribution in [0.25, 0.3) is 0 Å². The molecule has 4 heteroatoms. The Hall–Kier alpha value is -1.16. The van der Waals surface area contributed by atoms with Gasteiger partial charge in [-0.05, 0) is 38.3 Å². The molecule has 0 aliphatic heterocycles. The fourth-order valence-corrected chi connectivity index (χ4v) is 1.59. The molecule has 76 valence electrons. The van der Waals surface area contributed by atoms with Gasteiger partial charge in [-0.1, -0.05) is 0 Å². The molecule has 1 heterocycles. The second-order valence-corrected chi connectivity index (χ2v) is 3.79. The lowest BCUT2D eigenvalue weighted by atomic mass is 9.82. The fraction of sp³-hybridized carbons (Fsp3) is 0.600. The number of aryl methyl sites for hydroxylation is 1. The Balaban J connectivity index is 1.87. The number of hydrogen-bond acceptors (Lipinski definition) is 4. The summed E-state index contributed by atoms with van der Waals surface area (Å²) in [5.74, 6) is 0.629. The van der Waals surface area contributed by atoms with Gasteiger partial charge in [0.15, 0.2) is 0 Å².